The lowest BCUT2D eigenvalue weighted by atomic mass is 9.95. The summed E-state index contributed by atoms with van der Waals surface area (Å²) in [4.78, 5) is 15.6. The van der Waals surface area contributed by atoms with Gasteiger partial charge in [-0.15, -0.1) is 0 Å². The summed E-state index contributed by atoms with van der Waals surface area (Å²) in [6, 6.07) is 5.09. The zero-order valence-corrected chi connectivity index (χ0v) is 12.9. The summed E-state index contributed by atoms with van der Waals surface area (Å²) < 4.78 is 0. The lowest BCUT2D eigenvalue weighted by Gasteiger charge is -2.19. The van der Waals surface area contributed by atoms with E-state index in [1.165, 1.54) is 0 Å². The fraction of sp³-hybridized carbons (Fsp3) is 0.471. The smallest absolute Gasteiger partial charge is 0.152 e. The highest BCUT2D eigenvalue weighted by Crippen LogP contribution is 2.24. The fourth-order valence-electron chi connectivity index (χ4n) is 2.55. The van der Waals surface area contributed by atoms with Gasteiger partial charge in [-0.2, -0.15) is 0 Å². The number of aromatic amines is 1. The van der Waals surface area contributed by atoms with Crippen molar-refractivity contribution in [1.82, 2.24) is 10.3 Å². The highest BCUT2D eigenvalue weighted by atomic mass is 16.3. The van der Waals surface area contributed by atoms with E-state index in [2.05, 4.69) is 17.2 Å². The topological polar surface area (TPSA) is 65.1 Å². The van der Waals surface area contributed by atoms with Crippen LogP contribution in [0.2, 0.25) is 0 Å². The summed E-state index contributed by atoms with van der Waals surface area (Å²) in [5.74, 6) is 0.493. The van der Waals surface area contributed by atoms with E-state index in [1.54, 1.807) is 12.1 Å². The van der Waals surface area contributed by atoms with Crippen molar-refractivity contribution >= 4 is 16.7 Å². The monoisotopic (exact) mass is 288 g/mol. The molecule has 2 rings (SSSR count). The van der Waals surface area contributed by atoms with Crippen LogP contribution in [0.25, 0.3) is 10.9 Å². The van der Waals surface area contributed by atoms with Crippen molar-refractivity contribution in [3.05, 3.63) is 30.0 Å². The van der Waals surface area contributed by atoms with Crippen molar-refractivity contribution in [3.8, 4) is 5.75 Å². The molecule has 1 aromatic heterocycles. The van der Waals surface area contributed by atoms with Gasteiger partial charge in [0.25, 0.3) is 0 Å². The van der Waals surface area contributed by atoms with Gasteiger partial charge in [-0.3, -0.25) is 4.79 Å². The molecule has 0 aliphatic heterocycles. The van der Waals surface area contributed by atoms with E-state index in [0.717, 1.165) is 29.4 Å². The molecule has 1 heterocycles. The first-order valence-electron chi connectivity index (χ1n) is 7.59. The van der Waals surface area contributed by atoms with Crippen molar-refractivity contribution in [1.29, 1.82) is 0 Å². The van der Waals surface area contributed by atoms with Crippen LogP contribution in [0.1, 0.15) is 32.8 Å². The molecule has 0 bridgehead atoms. The van der Waals surface area contributed by atoms with Crippen molar-refractivity contribution in [2.45, 2.75) is 39.7 Å². The van der Waals surface area contributed by atoms with Gasteiger partial charge in [0.1, 0.15) is 5.75 Å². The first-order valence-corrected chi connectivity index (χ1v) is 7.59. The number of aromatic nitrogens is 1. The molecule has 1 aromatic carbocycles. The van der Waals surface area contributed by atoms with Crippen molar-refractivity contribution in [2.75, 3.05) is 6.54 Å². The molecule has 1 unspecified atom stereocenters. The number of fused-ring (bicyclic) bond motifs is 1. The first kappa shape index (κ1) is 15.6. The van der Waals surface area contributed by atoms with Gasteiger partial charge < -0.3 is 15.4 Å². The van der Waals surface area contributed by atoms with Gasteiger partial charge in [0.05, 0.1) is 6.04 Å². The van der Waals surface area contributed by atoms with E-state index in [1.807, 2.05) is 26.1 Å². The molecule has 0 fully saturated rings. The number of carbonyl (C=O) groups excluding carboxylic acids is 1. The summed E-state index contributed by atoms with van der Waals surface area (Å²) in [5, 5.41) is 14.0. The van der Waals surface area contributed by atoms with Crippen molar-refractivity contribution < 1.29 is 9.90 Å². The average Bonchev–Trinajstić information content (AvgIpc) is 2.84. The number of Topliss-reactive ketones (excluding diaryl/α,β-unsaturated/α-hetero) is 1. The number of H-pyrrole nitrogens is 1. The number of carbonyl (C=O) groups is 1. The normalized spacial score (nSPS) is 13.0. The highest BCUT2D eigenvalue weighted by molar-refractivity contribution is 5.88. The lowest BCUT2D eigenvalue weighted by molar-refractivity contribution is -0.123. The van der Waals surface area contributed by atoms with E-state index in [4.69, 9.17) is 0 Å². The molecular formula is C17H24N2O2. The second kappa shape index (κ2) is 6.76. The Balaban J connectivity index is 2.25. The maximum Gasteiger partial charge on any atom is 0.152 e. The SMILES string of the molecule is CCCNC(Cc1c[nH]c2ccc(O)cc12)C(=O)C(C)C. The number of phenols is 1. The average molecular weight is 288 g/mol. The van der Waals surface area contributed by atoms with E-state index in [9.17, 15) is 9.90 Å². The Bertz CT molecular complexity index is 616. The fourth-order valence-corrected chi connectivity index (χ4v) is 2.55. The van der Waals surface area contributed by atoms with Crippen LogP contribution in [0.15, 0.2) is 24.4 Å². The molecule has 0 saturated carbocycles. The third-order valence-corrected chi connectivity index (χ3v) is 3.73. The van der Waals surface area contributed by atoms with Gasteiger partial charge in [0.2, 0.25) is 0 Å². The Morgan fingerprint density at radius 3 is 2.81 bits per heavy atom. The Kier molecular flexibility index (Phi) is 5.02. The number of rotatable bonds is 7. The molecule has 0 amide bonds. The predicted molar refractivity (Wildman–Crippen MR) is 85.6 cm³/mol. The van der Waals surface area contributed by atoms with Crippen LogP contribution in [-0.2, 0) is 11.2 Å². The standard InChI is InChI=1S/C17H24N2O2/c1-4-7-18-16(17(21)11(2)3)8-12-10-19-15-6-5-13(20)9-14(12)15/h5-6,9-11,16,18-20H,4,7-8H2,1-3H3. The molecule has 21 heavy (non-hydrogen) atoms. The Morgan fingerprint density at radius 2 is 2.14 bits per heavy atom. The Morgan fingerprint density at radius 1 is 1.38 bits per heavy atom. The van der Waals surface area contributed by atoms with Crippen molar-refractivity contribution in [3.63, 3.8) is 0 Å². The number of benzene rings is 1. The summed E-state index contributed by atoms with van der Waals surface area (Å²) >= 11 is 0. The quantitative estimate of drug-likeness (QED) is 0.734. The van der Waals surface area contributed by atoms with Crippen LogP contribution in [0, 0.1) is 5.92 Å². The first-order chi connectivity index (χ1) is 10.0. The molecule has 4 heteroatoms. The van der Waals surface area contributed by atoms with E-state index in [-0.39, 0.29) is 23.5 Å². The maximum atomic E-state index is 12.4. The van der Waals surface area contributed by atoms with Crippen LogP contribution in [-0.4, -0.2) is 28.5 Å². The van der Waals surface area contributed by atoms with Gasteiger partial charge in [-0.25, -0.2) is 0 Å². The number of ketones is 1. The van der Waals surface area contributed by atoms with E-state index in [0.29, 0.717) is 6.42 Å². The number of aromatic hydroxyl groups is 1. The maximum absolute atomic E-state index is 12.4. The highest BCUT2D eigenvalue weighted by Gasteiger charge is 2.22. The molecule has 3 N–H and O–H groups in total. The minimum Gasteiger partial charge on any atom is -0.508 e. The third-order valence-electron chi connectivity index (χ3n) is 3.73. The molecule has 2 aromatic rings. The molecule has 0 spiro atoms. The van der Waals surface area contributed by atoms with E-state index < -0.39 is 0 Å². The molecule has 0 saturated heterocycles. The van der Waals surface area contributed by atoms with E-state index >= 15 is 0 Å². The molecule has 114 valence electrons. The molecule has 4 nitrogen and oxygen atoms in total. The zero-order chi connectivity index (χ0) is 15.4. The molecule has 1 atom stereocenters. The predicted octanol–water partition coefficient (Wildman–Crippen LogP) is 3.01. The largest absolute Gasteiger partial charge is 0.508 e. The Hall–Kier alpha value is -1.81. The number of hydrogen-bond acceptors (Lipinski definition) is 3. The van der Waals surface area contributed by atoms with Gasteiger partial charge >= 0.3 is 0 Å². The van der Waals surface area contributed by atoms with Gasteiger partial charge in [-0.1, -0.05) is 20.8 Å². The summed E-state index contributed by atoms with van der Waals surface area (Å²) in [6.45, 7) is 6.79. The van der Waals surface area contributed by atoms with Crippen molar-refractivity contribution in [2.24, 2.45) is 5.92 Å². The second-order valence-electron chi connectivity index (χ2n) is 5.81. The van der Waals surface area contributed by atoms with Crippen LogP contribution in [0.5, 0.6) is 5.75 Å². The summed E-state index contributed by atoms with van der Waals surface area (Å²) in [7, 11) is 0. The van der Waals surface area contributed by atoms with Gasteiger partial charge in [0, 0.05) is 23.0 Å². The zero-order valence-electron chi connectivity index (χ0n) is 12.9. The Labute approximate surface area is 125 Å². The van der Waals surface area contributed by atoms with Crippen LogP contribution >= 0.6 is 0 Å². The van der Waals surface area contributed by atoms with Crippen LogP contribution in [0.4, 0.5) is 0 Å². The van der Waals surface area contributed by atoms with Gasteiger partial charge in [0.15, 0.2) is 5.78 Å². The molecular weight excluding hydrogens is 264 g/mol. The molecule has 0 radical (unpaired) electrons. The molecule has 0 aliphatic rings. The minimum atomic E-state index is -0.175. The second-order valence-corrected chi connectivity index (χ2v) is 5.81. The minimum absolute atomic E-state index is 0.0120. The van der Waals surface area contributed by atoms with Crippen LogP contribution < -0.4 is 5.32 Å². The van der Waals surface area contributed by atoms with Gasteiger partial charge in [-0.05, 0) is 43.1 Å². The third kappa shape index (κ3) is 3.64. The summed E-state index contributed by atoms with van der Waals surface area (Å²) in [5.41, 5.74) is 2.04. The summed E-state index contributed by atoms with van der Waals surface area (Å²) in [6.07, 6.45) is 3.56. The lowest BCUT2D eigenvalue weighted by Crippen LogP contribution is -2.41. The number of phenolic OH excluding ortho intramolecular Hbond substituents is 1. The van der Waals surface area contributed by atoms with Crippen LogP contribution in [0.3, 0.4) is 0 Å². The molecule has 0 aliphatic carbocycles. The number of hydrogen-bond donors (Lipinski definition) is 3. The number of nitrogens with one attached hydrogen (secondary N) is 2.